The first-order valence-electron chi connectivity index (χ1n) is 5.41. The van der Waals surface area contributed by atoms with Crippen LogP contribution in [-0.2, 0) is 4.79 Å². The minimum atomic E-state index is -0.679. The minimum absolute atomic E-state index is 0.105. The Balaban J connectivity index is 2.06. The molecule has 0 aromatic carbocycles. The highest BCUT2D eigenvalue weighted by atomic mass is 32.2. The summed E-state index contributed by atoms with van der Waals surface area (Å²) in [6.45, 7) is 4.89. The third-order valence-electron chi connectivity index (χ3n) is 3.37. The highest BCUT2D eigenvalue weighted by Crippen LogP contribution is 2.30. The maximum Gasteiger partial charge on any atom is 0.305 e. The quantitative estimate of drug-likeness (QED) is 0.727. The van der Waals surface area contributed by atoms with E-state index < -0.39 is 5.97 Å². The molecule has 0 spiro atoms. The van der Waals surface area contributed by atoms with Crippen LogP contribution in [0.5, 0.6) is 0 Å². The van der Waals surface area contributed by atoms with E-state index in [1.807, 2.05) is 11.8 Å². The zero-order chi connectivity index (χ0) is 10.9. The molecule has 0 aliphatic carbocycles. The molecule has 0 bridgehead atoms. The van der Waals surface area contributed by atoms with E-state index in [4.69, 9.17) is 5.11 Å². The van der Waals surface area contributed by atoms with Gasteiger partial charge >= 0.3 is 5.97 Å². The molecule has 1 atom stereocenters. The summed E-state index contributed by atoms with van der Waals surface area (Å²) in [5.74, 6) is 1.58. The first-order valence-corrected chi connectivity index (χ1v) is 6.56. The lowest BCUT2D eigenvalue weighted by Crippen LogP contribution is -2.72. The van der Waals surface area contributed by atoms with Crippen LogP contribution in [0.2, 0.25) is 0 Å². The van der Waals surface area contributed by atoms with E-state index in [2.05, 4.69) is 17.1 Å². The second-order valence-corrected chi connectivity index (χ2v) is 5.67. The first kappa shape index (κ1) is 11.2. The molecular weight excluding hydrogens is 212 g/mol. The predicted octanol–water partition coefficient (Wildman–Crippen LogP) is 0.240. The number of carboxylic acids is 1. The van der Waals surface area contributed by atoms with E-state index in [1.165, 1.54) is 0 Å². The molecule has 2 aliphatic heterocycles. The fourth-order valence-corrected chi connectivity index (χ4v) is 3.57. The van der Waals surface area contributed by atoms with Crippen LogP contribution in [-0.4, -0.2) is 58.7 Å². The van der Waals surface area contributed by atoms with E-state index in [0.29, 0.717) is 6.04 Å². The van der Waals surface area contributed by atoms with E-state index in [0.717, 1.165) is 31.1 Å². The molecule has 5 heteroatoms. The van der Waals surface area contributed by atoms with Gasteiger partial charge in [0.05, 0.1) is 12.0 Å². The van der Waals surface area contributed by atoms with Gasteiger partial charge in [0, 0.05) is 37.2 Å². The van der Waals surface area contributed by atoms with Crippen molar-refractivity contribution in [1.82, 2.24) is 10.2 Å². The fraction of sp³-hybridized carbons (Fsp3) is 0.900. The molecule has 86 valence electrons. The third-order valence-corrected chi connectivity index (χ3v) is 4.55. The van der Waals surface area contributed by atoms with E-state index in [1.54, 1.807) is 0 Å². The molecule has 0 aromatic rings. The van der Waals surface area contributed by atoms with Crippen molar-refractivity contribution >= 4 is 17.7 Å². The maximum atomic E-state index is 10.9. The van der Waals surface area contributed by atoms with Crippen molar-refractivity contribution in [3.63, 3.8) is 0 Å². The number of nitrogens with zero attached hydrogens (tertiary/aromatic N) is 1. The predicted molar refractivity (Wildman–Crippen MR) is 61.3 cm³/mol. The summed E-state index contributed by atoms with van der Waals surface area (Å²) in [6.07, 6.45) is 0.273. The number of aliphatic carboxylic acids is 1. The SMILES string of the molecule is CC1CSCCN1C1(CC(=O)O)CNC1. The second kappa shape index (κ2) is 4.31. The molecule has 0 aromatic heterocycles. The Kier molecular flexibility index (Phi) is 3.23. The molecule has 0 saturated carbocycles. The number of nitrogens with one attached hydrogen (secondary N) is 1. The Hall–Kier alpha value is -0.260. The zero-order valence-electron chi connectivity index (χ0n) is 9.03. The Morgan fingerprint density at radius 1 is 1.67 bits per heavy atom. The lowest BCUT2D eigenvalue weighted by Gasteiger charge is -2.53. The summed E-state index contributed by atoms with van der Waals surface area (Å²) in [7, 11) is 0. The summed E-state index contributed by atoms with van der Waals surface area (Å²) in [4.78, 5) is 13.3. The minimum Gasteiger partial charge on any atom is -0.481 e. The van der Waals surface area contributed by atoms with Gasteiger partial charge in [-0.25, -0.2) is 0 Å². The summed E-state index contributed by atoms with van der Waals surface area (Å²) in [5, 5.41) is 12.2. The van der Waals surface area contributed by atoms with Crippen molar-refractivity contribution in [2.45, 2.75) is 24.9 Å². The van der Waals surface area contributed by atoms with Gasteiger partial charge in [-0.1, -0.05) is 0 Å². The highest BCUT2D eigenvalue weighted by Gasteiger charge is 2.46. The van der Waals surface area contributed by atoms with Crippen molar-refractivity contribution < 1.29 is 9.90 Å². The Bertz CT molecular complexity index is 256. The Morgan fingerprint density at radius 2 is 2.40 bits per heavy atom. The summed E-state index contributed by atoms with van der Waals surface area (Å²) in [6, 6.07) is 0.505. The van der Waals surface area contributed by atoms with Crippen molar-refractivity contribution in [3.8, 4) is 0 Å². The van der Waals surface area contributed by atoms with Crippen LogP contribution in [0, 0.1) is 0 Å². The van der Waals surface area contributed by atoms with Crippen LogP contribution in [0.3, 0.4) is 0 Å². The summed E-state index contributed by atoms with van der Waals surface area (Å²) in [5.41, 5.74) is -0.105. The molecular formula is C10H18N2O2S. The van der Waals surface area contributed by atoms with Crippen molar-refractivity contribution in [3.05, 3.63) is 0 Å². The van der Waals surface area contributed by atoms with Crippen molar-refractivity contribution in [1.29, 1.82) is 0 Å². The Labute approximate surface area is 94.4 Å². The number of rotatable bonds is 3. The van der Waals surface area contributed by atoms with Crippen LogP contribution in [0.4, 0.5) is 0 Å². The number of carbonyl (C=O) groups is 1. The van der Waals surface area contributed by atoms with Gasteiger partial charge in [-0.3, -0.25) is 9.69 Å². The largest absolute Gasteiger partial charge is 0.481 e. The van der Waals surface area contributed by atoms with Crippen LogP contribution in [0.15, 0.2) is 0 Å². The van der Waals surface area contributed by atoms with Crippen molar-refractivity contribution in [2.75, 3.05) is 31.1 Å². The van der Waals surface area contributed by atoms with Crippen molar-refractivity contribution in [2.24, 2.45) is 0 Å². The van der Waals surface area contributed by atoms with Gasteiger partial charge in [0.2, 0.25) is 0 Å². The van der Waals surface area contributed by atoms with Crippen LogP contribution in [0.1, 0.15) is 13.3 Å². The monoisotopic (exact) mass is 230 g/mol. The van der Waals surface area contributed by atoms with E-state index in [9.17, 15) is 4.79 Å². The molecule has 2 rings (SSSR count). The molecule has 0 radical (unpaired) electrons. The molecule has 2 aliphatic rings. The molecule has 2 N–H and O–H groups in total. The smallest absolute Gasteiger partial charge is 0.305 e. The van der Waals surface area contributed by atoms with E-state index in [-0.39, 0.29) is 12.0 Å². The standard InChI is InChI=1S/C10H18N2O2S/c1-8-5-15-3-2-12(8)10(4-9(13)14)6-11-7-10/h8,11H,2-7H2,1H3,(H,13,14). The molecule has 2 heterocycles. The van der Waals surface area contributed by atoms with Gasteiger partial charge in [0.15, 0.2) is 0 Å². The third kappa shape index (κ3) is 2.14. The average Bonchev–Trinajstić information content (AvgIpc) is 2.12. The highest BCUT2D eigenvalue weighted by molar-refractivity contribution is 7.99. The lowest BCUT2D eigenvalue weighted by atomic mass is 9.85. The second-order valence-electron chi connectivity index (χ2n) is 4.52. The summed E-state index contributed by atoms with van der Waals surface area (Å²) < 4.78 is 0. The maximum absolute atomic E-state index is 10.9. The van der Waals surface area contributed by atoms with Crippen LogP contribution < -0.4 is 5.32 Å². The summed E-state index contributed by atoms with van der Waals surface area (Å²) >= 11 is 1.97. The van der Waals surface area contributed by atoms with Crippen LogP contribution in [0.25, 0.3) is 0 Å². The Morgan fingerprint density at radius 3 is 2.87 bits per heavy atom. The van der Waals surface area contributed by atoms with E-state index >= 15 is 0 Å². The normalized spacial score (nSPS) is 30.9. The van der Waals surface area contributed by atoms with Gasteiger partial charge in [-0.05, 0) is 6.92 Å². The molecule has 1 unspecified atom stereocenters. The van der Waals surface area contributed by atoms with Gasteiger partial charge in [-0.15, -0.1) is 0 Å². The van der Waals surface area contributed by atoms with Gasteiger partial charge in [-0.2, -0.15) is 11.8 Å². The topological polar surface area (TPSA) is 52.6 Å². The first-order chi connectivity index (χ1) is 7.14. The number of carboxylic acid groups (broad SMARTS) is 1. The van der Waals surface area contributed by atoms with Gasteiger partial charge < -0.3 is 10.4 Å². The molecule has 2 saturated heterocycles. The number of hydrogen-bond acceptors (Lipinski definition) is 4. The molecule has 0 amide bonds. The van der Waals surface area contributed by atoms with Gasteiger partial charge in [0.1, 0.15) is 0 Å². The van der Waals surface area contributed by atoms with Gasteiger partial charge in [0.25, 0.3) is 0 Å². The number of thioether (sulfide) groups is 1. The number of hydrogen-bond donors (Lipinski definition) is 2. The molecule has 4 nitrogen and oxygen atoms in total. The fourth-order valence-electron chi connectivity index (χ4n) is 2.56. The lowest BCUT2D eigenvalue weighted by molar-refractivity contribution is -0.142. The average molecular weight is 230 g/mol. The molecule has 2 fully saturated rings. The molecule has 15 heavy (non-hydrogen) atoms. The zero-order valence-corrected chi connectivity index (χ0v) is 9.85. The van der Waals surface area contributed by atoms with Crippen LogP contribution >= 0.6 is 11.8 Å².